The fourth-order valence-corrected chi connectivity index (χ4v) is 3.41. The van der Waals surface area contributed by atoms with E-state index in [0.29, 0.717) is 11.7 Å². The highest BCUT2D eigenvalue weighted by Gasteiger charge is 2.19. The van der Waals surface area contributed by atoms with Gasteiger partial charge in [0.15, 0.2) is 0 Å². The molecule has 0 bridgehead atoms. The number of aromatic amines is 1. The zero-order valence-corrected chi connectivity index (χ0v) is 13.0. The number of nitrogens with one attached hydrogen (secondary N) is 2. The topological polar surface area (TPSA) is 62.7 Å². The zero-order valence-electron chi connectivity index (χ0n) is 13.0. The van der Waals surface area contributed by atoms with Crippen molar-refractivity contribution < 1.29 is 4.79 Å². The third-order valence-corrected chi connectivity index (χ3v) is 4.61. The maximum atomic E-state index is 12.5. The molecule has 118 valence electrons. The Morgan fingerprint density at radius 3 is 2.83 bits per heavy atom. The van der Waals surface area contributed by atoms with Gasteiger partial charge in [0.1, 0.15) is 11.5 Å². The van der Waals surface area contributed by atoms with Crippen LogP contribution in [0.2, 0.25) is 0 Å². The largest absolute Gasteiger partial charge is 0.351 e. The fourth-order valence-electron chi connectivity index (χ4n) is 3.41. The Bertz CT molecular complexity index is 793. The van der Waals surface area contributed by atoms with Crippen molar-refractivity contribution >= 4 is 22.6 Å². The van der Waals surface area contributed by atoms with Gasteiger partial charge in [0.25, 0.3) is 5.91 Å². The van der Waals surface area contributed by atoms with E-state index in [-0.39, 0.29) is 5.91 Å². The average Bonchev–Trinajstić information content (AvgIpc) is 3.22. The molecule has 1 saturated carbocycles. The van der Waals surface area contributed by atoms with E-state index >= 15 is 0 Å². The Labute approximate surface area is 134 Å². The van der Waals surface area contributed by atoms with Crippen molar-refractivity contribution in [1.29, 1.82) is 0 Å². The Morgan fingerprint density at radius 2 is 2.00 bits per heavy atom. The monoisotopic (exact) mass is 308 g/mol. The van der Waals surface area contributed by atoms with Crippen LogP contribution in [0.4, 0.5) is 5.82 Å². The van der Waals surface area contributed by atoms with Gasteiger partial charge in [0.2, 0.25) is 0 Å². The number of fused-ring (bicyclic) bond motifs is 1. The van der Waals surface area contributed by atoms with E-state index in [2.05, 4.69) is 15.4 Å². The summed E-state index contributed by atoms with van der Waals surface area (Å²) in [5, 5.41) is 8.46. The molecule has 1 fully saturated rings. The zero-order chi connectivity index (χ0) is 15.6. The first-order valence-corrected chi connectivity index (χ1v) is 8.24. The van der Waals surface area contributed by atoms with E-state index in [9.17, 15) is 4.79 Å². The van der Waals surface area contributed by atoms with Gasteiger partial charge in [-0.1, -0.05) is 37.5 Å². The van der Waals surface area contributed by atoms with Gasteiger partial charge in [0, 0.05) is 17.0 Å². The predicted molar refractivity (Wildman–Crippen MR) is 90.6 cm³/mol. The van der Waals surface area contributed by atoms with E-state index in [0.717, 1.165) is 29.6 Å². The molecule has 23 heavy (non-hydrogen) atoms. The maximum Gasteiger partial charge on any atom is 0.273 e. The summed E-state index contributed by atoms with van der Waals surface area (Å²) < 4.78 is 1.97. The minimum Gasteiger partial charge on any atom is -0.351 e. The van der Waals surface area contributed by atoms with Gasteiger partial charge >= 0.3 is 0 Å². The van der Waals surface area contributed by atoms with Crippen LogP contribution < -0.4 is 5.32 Å². The highest BCUT2D eigenvalue weighted by Crippen LogP contribution is 2.30. The van der Waals surface area contributed by atoms with Gasteiger partial charge in [0.05, 0.1) is 12.2 Å². The number of aromatic nitrogens is 3. The molecule has 4 rings (SSSR count). The second kappa shape index (κ2) is 5.91. The van der Waals surface area contributed by atoms with Crippen molar-refractivity contribution in [1.82, 2.24) is 14.8 Å². The van der Waals surface area contributed by atoms with Crippen molar-refractivity contribution in [2.75, 3.05) is 5.32 Å². The number of rotatable bonds is 3. The van der Waals surface area contributed by atoms with Gasteiger partial charge in [-0.3, -0.25) is 4.79 Å². The van der Waals surface area contributed by atoms with Crippen molar-refractivity contribution in [3.05, 3.63) is 48.3 Å². The smallest absolute Gasteiger partial charge is 0.273 e. The highest BCUT2D eigenvalue weighted by molar-refractivity contribution is 6.05. The Kier molecular flexibility index (Phi) is 3.61. The number of hydrogen-bond acceptors (Lipinski definition) is 2. The van der Waals surface area contributed by atoms with Crippen molar-refractivity contribution in [3.8, 4) is 0 Å². The van der Waals surface area contributed by atoms with Crippen LogP contribution in [0.25, 0.3) is 10.9 Å². The predicted octanol–water partition coefficient (Wildman–Crippen LogP) is 4.12. The van der Waals surface area contributed by atoms with E-state index < -0.39 is 0 Å². The van der Waals surface area contributed by atoms with Crippen LogP contribution in [0.3, 0.4) is 0 Å². The lowest BCUT2D eigenvalue weighted by atomic mass is 9.96. The van der Waals surface area contributed by atoms with Crippen LogP contribution in [-0.2, 0) is 0 Å². The lowest BCUT2D eigenvalue weighted by molar-refractivity contribution is 0.102. The quantitative estimate of drug-likeness (QED) is 0.764. The summed E-state index contributed by atoms with van der Waals surface area (Å²) in [5.41, 5.74) is 1.54. The summed E-state index contributed by atoms with van der Waals surface area (Å²) in [6.45, 7) is 0. The van der Waals surface area contributed by atoms with E-state index in [1.165, 1.54) is 19.3 Å². The normalized spacial score (nSPS) is 15.8. The maximum absolute atomic E-state index is 12.5. The summed E-state index contributed by atoms with van der Waals surface area (Å²) in [4.78, 5) is 15.7. The fraction of sp³-hybridized carbons (Fsp3) is 0.333. The molecule has 3 aromatic rings. The SMILES string of the molecule is O=C(Nc1ccnn1C1CCCCC1)c1cc2ccccc2[nH]1. The molecule has 2 aromatic heterocycles. The van der Waals surface area contributed by atoms with Crippen molar-refractivity contribution in [2.24, 2.45) is 0 Å². The molecule has 2 N–H and O–H groups in total. The number of benzene rings is 1. The number of carbonyl (C=O) groups is 1. The molecule has 1 aliphatic carbocycles. The molecule has 5 nitrogen and oxygen atoms in total. The summed E-state index contributed by atoms with van der Waals surface area (Å²) in [6, 6.07) is 12.0. The number of H-pyrrole nitrogens is 1. The molecule has 1 aliphatic rings. The number of nitrogens with zero attached hydrogens (tertiary/aromatic N) is 2. The van der Waals surface area contributed by atoms with Crippen LogP contribution in [0.1, 0.15) is 48.6 Å². The lowest BCUT2D eigenvalue weighted by Crippen LogP contribution is -2.20. The summed E-state index contributed by atoms with van der Waals surface area (Å²) in [6.07, 6.45) is 7.80. The third kappa shape index (κ3) is 2.74. The first-order chi connectivity index (χ1) is 11.3. The third-order valence-electron chi connectivity index (χ3n) is 4.61. The van der Waals surface area contributed by atoms with Crippen molar-refractivity contribution in [3.63, 3.8) is 0 Å². The molecule has 1 aromatic carbocycles. The number of para-hydroxylation sites is 1. The standard InChI is InChI=1S/C18H20N4O/c23-18(16-12-13-6-4-5-9-15(13)20-16)21-17-10-11-19-22(17)14-7-2-1-3-8-14/h4-6,9-12,14,20H,1-3,7-8H2,(H,21,23). The molecule has 0 aliphatic heterocycles. The molecule has 2 heterocycles. The Morgan fingerprint density at radius 1 is 1.17 bits per heavy atom. The minimum atomic E-state index is -0.126. The second-order valence-electron chi connectivity index (χ2n) is 6.18. The van der Waals surface area contributed by atoms with Gasteiger partial charge < -0.3 is 10.3 Å². The average molecular weight is 308 g/mol. The second-order valence-corrected chi connectivity index (χ2v) is 6.18. The Balaban J connectivity index is 1.55. The number of amides is 1. The molecule has 0 atom stereocenters. The van der Waals surface area contributed by atoms with Gasteiger partial charge in [-0.2, -0.15) is 5.10 Å². The summed E-state index contributed by atoms with van der Waals surface area (Å²) in [7, 11) is 0. The molecule has 0 unspecified atom stereocenters. The number of carbonyl (C=O) groups excluding carboxylic acids is 1. The van der Waals surface area contributed by atoms with Crippen LogP contribution in [0, 0.1) is 0 Å². The Hall–Kier alpha value is -2.56. The molecule has 0 spiro atoms. The molecule has 0 radical (unpaired) electrons. The first-order valence-electron chi connectivity index (χ1n) is 8.24. The first kappa shape index (κ1) is 14.1. The van der Waals surface area contributed by atoms with Gasteiger partial charge in [-0.25, -0.2) is 4.68 Å². The van der Waals surface area contributed by atoms with Crippen molar-refractivity contribution in [2.45, 2.75) is 38.1 Å². The number of hydrogen-bond donors (Lipinski definition) is 2. The van der Waals surface area contributed by atoms with Crippen LogP contribution in [-0.4, -0.2) is 20.7 Å². The molecular weight excluding hydrogens is 288 g/mol. The summed E-state index contributed by atoms with van der Waals surface area (Å²) >= 11 is 0. The molecular formula is C18H20N4O. The van der Waals surface area contributed by atoms with Crippen LogP contribution >= 0.6 is 0 Å². The molecule has 5 heteroatoms. The molecule has 1 amide bonds. The van der Waals surface area contributed by atoms with E-state index in [4.69, 9.17) is 0 Å². The molecule has 0 saturated heterocycles. The minimum absolute atomic E-state index is 0.126. The number of anilines is 1. The van der Waals surface area contributed by atoms with Crippen LogP contribution in [0.5, 0.6) is 0 Å². The van der Waals surface area contributed by atoms with Crippen LogP contribution in [0.15, 0.2) is 42.6 Å². The highest BCUT2D eigenvalue weighted by atomic mass is 16.2. The van der Waals surface area contributed by atoms with Gasteiger partial charge in [-0.15, -0.1) is 0 Å². The lowest BCUT2D eigenvalue weighted by Gasteiger charge is -2.23. The van der Waals surface area contributed by atoms with E-state index in [1.54, 1.807) is 6.20 Å². The van der Waals surface area contributed by atoms with E-state index in [1.807, 2.05) is 41.1 Å². The van der Waals surface area contributed by atoms with Gasteiger partial charge in [-0.05, 0) is 25.0 Å². The summed E-state index contributed by atoms with van der Waals surface area (Å²) in [5.74, 6) is 0.652.